The lowest BCUT2D eigenvalue weighted by Gasteiger charge is -2.26. The van der Waals surface area contributed by atoms with Crippen molar-refractivity contribution in [3.63, 3.8) is 0 Å². The van der Waals surface area contributed by atoms with Gasteiger partial charge in [0.15, 0.2) is 0 Å². The van der Waals surface area contributed by atoms with Gasteiger partial charge in [0.05, 0.1) is 0 Å². The van der Waals surface area contributed by atoms with Crippen LogP contribution in [-0.2, 0) is 6.42 Å². The van der Waals surface area contributed by atoms with E-state index in [1.54, 1.807) is 0 Å². The van der Waals surface area contributed by atoms with E-state index in [9.17, 15) is 0 Å². The summed E-state index contributed by atoms with van der Waals surface area (Å²) in [6, 6.07) is 8.64. The van der Waals surface area contributed by atoms with E-state index in [0.29, 0.717) is 5.92 Å². The Bertz CT molecular complexity index is 398. The van der Waals surface area contributed by atoms with Gasteiger partial charge in [-0.15, -0.1) is 0 Å². The van der Waals surface area contributed by atoms with Gasteiger partial charge < -0.3 is 5.43 Å². The van der Waals surface area contributed by atoms with Crippen molar-refractivity contribution in [3.8, 4) is 0 Å². The number of amidine groups is 1. The van der Waals surface area contributed by atoms with Gasteiger partial charge in [-0.25, -0.2) is 5.84 Å². The molecule has 0 heterocycles. The first-order valence-corrected chi connectivity index (χ1v) is 6.45. The minimum absolute atomic E-state index is 0.358. The lowest BCUT2D eigenvalue weighted by atomic mass is 9.82. The molecular formula is C14H21N3. The fourth-order valence-electron chi connectivity index (χ4n) is 2.53. The van der Waals surface area contributed by atoms with Crippen molar-refractivity contribution in [2.75, 3.05) is 6.54 Å². The highest BCUT2D eigenvalue weighted by Crippen LogP contribution is 2.31. The van der Waals surface area contributed by atoms with Crippen LogP contribution in [0.25, 0.3) is 0 Å². The lowest BCUT2D eigenvalue weighted by molar-refractivity contribution is 0.633. The summed E-state index contributed by atoms with van der Waals surface area (Å²) >= 11 is 0. The summed E-state index contributed by atoms with van der Waals surface area (Å²) in [5, 5.41) is 0. The smallest absolute Gasteiger partial charge is 0.118 e. The Kier molecular flexibility index (Phi) is 4.15. The second-order valence-electron chi connectivity index (χ2n) is 4.55. The van der Waals surface area contributed by atoms with Crippen molar-refractivity contribution in [1.29, 1.82) is 0 Å². The zero-order valence-electron chi connectivity index (χ0n) is 10.4. The van der Waals surface area contributed by atoms with Gasteiger partial charge in [-0.05, 0) is 36.8 Å². The average Bonchev–Trinajstić information content (AvgIpc) is 2.40. The summed E-state index contributed by atoms with van der Waals surface area (Å²) in [5.74, 6) is 6.92. The van der Waals surface area contributed by atoms with Gasteiger partial charge in [0.25, 0.3) is 0 Å². The highest BCUT2D eigenvalue weighted by atomic mass is 15.3. The first kappa shape index (κ1) is 12.1. The molecule has 2 rings (SSSR count). The lowest BCUT2D eigenvalue weighted by Crippen LogP contribution is -2.36. The number of fused-ring (bicyclic) bond motifs is 1. The van der Waals surface area contributed by atoms with E-state index >= 15 is 0 Å². The maximum atomic E-state index is 5.62. The predicted molar refractivity (Wildman–Crippen MR) is 72.0 cm³/mol. The molecule has 3 nitrogen and oxygen atoms in total. The van der Waals surface area contributed by atoms with Crippen molar-refractivity contribution in [1.82, 2.24) is 5.43 Å². The number of nitrogens with one attached hydrogen (secondary N) is 1. The number of hydrazine groups is 1. The summed E-state index contributed by atoms with van der Waals surface area (Å²) in [7, 11) is 0. The molecule has 1 aliphatic rings. The van der Waals surface area contributed by atoms with Gasteiger partial charge in [-0.1, -0.05) is 31.2 Å². The molecule has 0 fully saturated rings. The van der Waals surface area contributed by atoms with Crippen molar-refractivity contribution >= 4 is 5.84 Å². The summed E-state index contributed by atoms with van der Waals surface area (Å²) in [6.45, 7) is 2.98. The summed E-state index contributed by atoms with van der Waals surface area (Å²) in [4.78, 5) is 4.56. The summed E-state index contributed by atoms with van der Waals surface area (Å²) < 4.78 is 0. The van der Waals surface area contributed by atoms with E-state index < -0.39 is 0 Å². The minimum Gasteiger partial charge on any atom is -0.312 e. The quantitative estimate of drug-likeness (QED) is 0.363. The number of nitrogens with two attached hydrogens (primary N) is 1. The third-order valence-corrected chi connectivity index (χ3v) is 3.35. The van der Waals surface area contributed by atoms with Crippen LogP contribution in [0.4, 0.5) is 0 Å². The molecule has 0 radical (unpaired) electrons. The number of aryl methyl sites for hydroxylation is 1. The highest BCUT2D eigenvalue weighted by molar-refractivity contribution is 5.89. The van der Waals surface area contributed by atoms with Gasteiger partial charge in [0.1, 0.15) is 5.84 Å². The fraction of sp³-hybridized carbons (Fsp3) is 0.500. The van der Waals surface area contributed by atoms with E-state index in [4.69, 9.17) is 5.84 Å². The van der Waals surface area contributed by atoms with Crippen LogP contribution >= 0.6 is 0 Å². The Balaban J connectivity index is 2.27. The van der Waals surface area contributed by atoms with E-state index in [1.165, 1.54) is 24.0 Å². The van der Waals surface area contributed by atoms with Crippen LogP contribution in [0.2, 0.25) is 0 Å². The Hall–Kier alpha value is -1.35. The van der Waals surface area contributed by atoms with Crippen molar-refractivity contribution < 1.29 is 0 Å². The van der Waals surface area contributed by atoms with E-state index in [2.05, 4.69) is 41.6 Å². The molecule has 0 aliphatic heterocycles. The van der Waals surface area contributed by atoms with Crippen LogP contribution in [0.3, 0.4) is 0 Å². The first-order chi connectivity index (χ1) is 8.36. The van der Waals surface area contributed by atoms with E-state index in [-0.39, 0.29) is 0 Å². The Labute approximate surface area is 103 Å². The largest absolute Gasteiger partial charge is 0.312 e. The third-order valence-electron chi connectivity index (χ3n) is 3.35. The Morgan fingerprint density at radius 3 is 3.06 bits per heavy atom. The number of nitrogens with zero attached hydrogens (tertiary/aromatic N) is 1. The van der Waals surface area contributed by atoms with Gasteiger partial charge >= 0.3 is 0 Å². The molecule has 1 atom stereocenters. The topological polar surface area (TPSA) is 50.4 Å². The zero-order chi connectivity index (χ0) is 12.1. The molecule has 1 aromatic rings. The Morgan fingerprint density at radius 1 is 1.47 bits per heavy atom. The number of benzene rings is 1. The molecule has 1 aliphatic carbocycles. The number of hydrogen-bond donors (Lipinski definition) is 2. The molecule has 0 bridgehead atoms. The third kappa shape index (κ3) is 2.67. The van der Waals surface area contributed by atoms with Gasteiger partial charge in [0.2, 0.25) is 0 Å². The maximum absolute atomic E-state index is 5.62. The molecular weight excluding hydrogens is 210 g/mol. The van der Waals surface area contributed by atoms with E-state index in [1.807, 2.05) is 0 Å². The first-order valence-electron chi connectivity index (χ1n) is 6.45. The summed E-state index contributed by atoms with van der Waals surface area (Å²) in [6.07, 6.45) is 4.59. The molecule has 3 heteroatoms. The standard InChI is InChI=1S/C14H21N3/c1-2-10-16-14(17-15)13-9-5-7-11-6-3-4-8-12(11)13/h3-4,6,8,13H,2,5,7,9-10,15H2,1H3,(H,16,17). The van der Waals surface area contributed by atoms with Crippen molar-refractivity contribution in [2.24, 2.45) is 10.8 Å². The molecule has 1 aromatic carbocycles. The van der Waals surface area contributed by atoms with Crippen molar-refractivity contribution in [2.45, 2.75) is 38.5 Å². The average molecular weight is 231 g/mol. The van der Waals surface area contributed by atoms with Gasteiger partial charge in [-0.2, -0.15) is 0 Å². The SMILES string of the molecule is CCCN=C(NN)C1CCCc2ccccc21. The summed E-state index contributed by atoms with van der Waals surface area (Å²) in [5.41, 5.74) is 5.64. The molecule has 3 N–H and O–H groups in total. The second kappa shape index (κ2) is 5.82. The number of hydrogen-bond acceptors (Lipinski definition) is 2. The van der Waals surface area contributed by atoms with Gasteiger partial charge in [0, 0.05) is 12.5 Å². The molecule has 0 spiro atoms. The molecule has 0 saturated heterocycles. The normalized spacial score (nSPS) is 19.9. The van der Waals surface area contributed by atoms with Crippen LogP contribution < -0.4 is 11.3 Å². The highest BCUT2D eigenvalue weighted by Gasteiger charge is 2.23. The van der Waals surface area contributed by atoms with Crippen LogP contribution in [0.5, 0.6) is 0 Å². The molecule has 0 aromatic heterocycles. The molecule has 0 saturated carbocycles. The Morgan fingerprint density at radius 2 is 2.29 bits per heavy atom. The molecule has 92 valence electrons. The van der Waals surface area contributed by atoms with Crippen LogP contribution in [-0.4, -0.2) is 12.4 Å². The van der Waals surface area contributed by atoms with Gasteiger partial charge in [-0.3, -0.25) is 4.99 Å². The predicted octanol–water partition coefficient (Wildman–Crippen LogP) is 2.38. The van der Waals surface area contributed by atoms with Crippen LogP contribution in [0.1, 0.15) is 43.2 Å². The monoisotopic (exact) mass is 231 g/mol. The maximum Gasteiger partial charge on any atom is 0.118 e. The zero-order valence-corrected chi connectivity index (χ0v) is 10.4. The van der Waals surface area contributed by atoms with Crippen LogP contribution in [0, 0.1) is 0 Å². The fourth-order valence-corrected chi connectivity index (χ4v) is 2.53. The molecule has 17 heavy (non-hydrogen) atoms. The second-order valence-corrected chi connectivity index (χ2v) is 4.55. The number of aliphatic imine (C=N–C) groups is 1. The molecule has 0 amide bonds. The number of rotatable bonds is 3. The van der Waals surface area contributed by atoms with E-state index in [0.717, 1.165) is 25.2 Å². The van der Waals surface area contributed by atoms with Crippen molar-refractivity contribution in [3.05, 3.63) is 35.4 Å². The molecule has 1 unspecified atom stereocenters. The van der Waals surface area contributed by atoms with Crippen LogP contribution in [0.15, 0.2) is 29.3 Å². The minimum atomic E-state index is 0.358.